The zero-order chi connectivity index (χ0) is 12.9. The Labute approximate surface area is 97.8 Å². The van der Waals surface area contributed by atoms with Crippen LogP contribution in [0.1, 0.15) is 25.7 Å². The molecule has 2 N–H and O–H groups in total. The van der Waals surface area contributed by atoms with E-state index < -0.39 is 24.9 Å². The van der Waals surface area contributed by atoms with E-state index in [0.717, 1.165) is 25.7 Å². The van der Waals surface area contributed by atoms with Crippen LogP contribution in [0.15, 0.2) is 0 Å². The Balaban J connectivity index is 2.33. The minimum Gasteiger partial charge on any atom is -0.382 e. The Kier molecular flexibility index (Phi) is 5.04. The van der Waals surface area contributed by atoms with E-state index in [4.69, 9.17) is 5.11 Å². The van der Waals surface area contributed by atoms with E-state index in [1.807, 2.05) is 0 Å². The van der Waals surface area contributed by atoms with Crippen LogP contribution in [0.25, 0.3) is 0 Å². The molecule has 1 aliphatic rings. The van der Waals surface area contributed by atoms with E-state index >= 15 is 0 Å². The van der Waals surface area contributed by atoms with Gasteiger partial charge in [0.15, 0.2) is 6.10 Å². The number of nitrogens with zero attached hydrogens (tertiary/aromatic N) is 1. The summed E-state index contributed by atoms with van der Waals surface area (Å²) in [7, 11) is 0. The molecule has 1 unspecified atom stereocenters. The maximum Gasteiger partial charge on any atom is 0.416 e. The summed E-state index contributed by atoms with van der Waals surface area (Å²) in [6, 6.07) is -0.532. The second-order valence-corrected chi connectivity index (χ2v) is 4.14. The number of hydrogen-bond acceptors (Lipinski definition) is 2. The molecule has 2 amide bonds. The second kappa shape index (κ2) is 6.09. The van der Waals surface area contributed by atoms with Crippen molar-refractivity contribution >= 4 is 6.03 Å². The fourth-order valence-electron chi connectivity index (χ4n) is 1.69. The van der Waals surface area contributed by atoms with Gasteiger partial charge in [-0.25, -0.2) is 4.79 Å². The molecule has 0 saturated carbocycles. The van der Waals surface area contributed by atoms with Gasteiger partial charge >= 0.3 is 12.2 Å². The summed E-state index contributed by atoms with van der Waals surface area (Å²) in [6.07, 6.45) is -3.38. The summed E-state index contributed by atoms with van der Waals surface area (Å²) in [4.78, 5) is 13.0. The Morgan fingerprint density at radius 1 is 1.24 bits per heavy atom. The predicted octanol–water partition coefficient (Wildman–Crippen LogP) is 1.50. The third-order valence-electron chi connectivity index (χ3n) is 2.72. The highest BCUT2D eigenvalue weighted by Crippen LogP contribution is 2.19. The van der Waals surface area contributed by atoms with Gasteiger partial charge in [-0.05, 0) is 12.8 Å². The normalized spacial score (nSPS) is 19.6. The molecule has 4 nitrogen and oxygen atoms in total. The zero-order valence-electron chi connectivity index (χ0n) is 9.46. The van der Waals surface area contributed by atoms with Crippen molar-refractivity contribution in [3.05, 3.63) is 0 Å². The number of hydrogen-bond donors (Lipinski definition) is 2. The van der Waals surface area contributed by atoms with Crippen molar-refractivity contribution in [3.8, 4) is 0 Å². The summed E-state index contributed by atoms with van der Waals surface area (Å²) in [5, 5.41) is 10.8. The van der Waals surface area contributed by atoms with Gasteiger partial charge in [-0.3, -0.25) is 0 Å². The Hall–Kier alpha value is -0.980. The first-order valence-corrected chi connectivity index (χ1v) is 5.69. The van der Waals surface area contributed by atoms with Gasteiger partial charge in [0.2, 0.25) is 0 Å². The van der Waals surface area contributed by atoms with Crippen molar-refractivity contribution in [2.75, 3.05) is 19.6 Å². The fraction of sp³-hybridized carbons (Fsp3) is 0.900. The first kappa shape index (κ1) is 14.1. The lowest BCUT2D eigenvalue weighted by Crippen LogP contribution is -2.46. The maximum absolute atomic E-state index is 12.0. The van der Waals surface area contributed by atoms with Gasteiger partial charge in [0.1, 0.15) is 0 Å². The van der Waals surface area contributed by atoms with E-state index in [0.29, 0.717) is 13.1 Å². The van der Waals surface area contributed by atoms with Crippen LogP contribution in [-0.2, 0) is 0 Å². The molecule has 1 aliphatic heterocycles. The summed E-state index contributed by atoms with van der Waals surface area (Å²) in [5.74, 6) is 0. The van der Waals surface area contributed by atoms with Gasteiger partial charge in [0.25, 0.3) is 0 Å². The molecule has 0 aliphatic carbocycles. The number of carbonyl (C=O) groups excluding carboxylic acids is 1. The van der Waals surface area contributed by atoms with Gasteiger partial charge in [-0.1, -0.05) is 12.8 Å². The van der Waals surface area contributed by atoms with Crippen LogP contribution >= 0.6 is 0 Å². The molecule has 0 aromatic rings. The van der Waals surface area contributed by atoms with Gasteiger partial charge in [-0.2, -0.15) is 13.2 Å². The van der Waals surface area contributed by atoms with Crippen LogP contribution in [-0.4, -0.2) is 48.0 Å². The Morgan fingerprint density at radius 2 is 1.76 bits per heavy atom. The first-order valence-electron chi connectivity index (χ1n) is 5.69. The number of halogens is 3. The number of nitrogens with one attached hydrogen (secondary N) is 1. The molecule has 1 rings (SSSR count). The number of rotatable bonds is 2. The van der Waals surface area contributed by atoms with Crippen LogP contribution in [0.5, 0.6) is 0 Å². The molecule has 0 bridgehead atoms. The van der Waals surface area contributed by atoms with Gasteiger partial charge in [0, 0.05) is 13.1 Å². The van der Waals surface area contributed by atoms with Gasteiger partial charge in [-0.15, -0.1) is 0 Å². The fourth-order valence-corrected chi connectivity index (χ4v) is 1.69. The summed E-state index contributed by atoms with van der Waals surface area (Å²) in [6.45, 7) is 0.334. The highest BCUT2D eigenvalue weighted by atomic mass is 19.4. The quantitative estimate of drug-likeness (QED) is 0.784. The lowest BCUT2D eigenvalue weighted by molar-refractivity contribution is -0.201. The highest BCUT2D eigenvalue weighted by Gasteiger charge is 2.38. The number of alkyl halides is 3. The molecular formula is C10H17F3N2O2. The van der Waals surface area contributed by atoms with E-state index in [2.05, 4.69) is 5.32 Å². The molecule has 1 saturated heterocycles. The summed E-state index contributed by atoms with van der Waals surface area (Å²) >= 11 is 0. The van der Waals surface area contributed by atoms with E-state index in [-0.39, 0.29) is 0 Å². The lowest BCUT2D eigenvalue weighted by Gasteiger charge is -2.22. The highest BCUT2D eigenvalue weighted by molar-refractivity contribution is 5.74. The Bertz CT molecular complexity index is 250. The topological polar surface area (TPSA) is 52.6 Å². The average molecular weight is 254 g/mol. The molecule has 0 spiro atoms. The Morgan fingerprint density at radius 3 is 2.24 bits per heavy atom. The minimum atomic E-state index is -4.69. The number of carbonyl (C=O) groups is 1. The molecule has 0 aromatic carbocycles. The zero-order valence-corrected chi connectivity index (χ0v) is 9.46. The van der Waals surface area contributed by atoms with Crippen molar-refractivity contribution in [2.24, 2.45) is 0 Å². The molecule has 1 heterocycles. The third kappa shape index (κ3) is 4.80. The molecule has 100 valence electrons. The number of aliphatic hydroxyl groups is 1. The largest absolute Gasteiger partial charge is 0.416 e. The van der Waals surface area contributed by atoms with Gasteiger partial charge in [0.05, 0.1) is 6.54 Å². The monoisotopic (exact) mass is 254 g/mol. The lowest BCUT2D eigenvalue weighted by atomic mass is 10.2. The predicted molar refractivity (Wildman–Crippen MR) is 55.5 cm³/mol. The van der Waals surface area contributed by atoms with Crippen molar-refractivity contribution in [2.45, 2.75) is 38.0 Å². The van der Waals surface area contributed by atoms with Crippen molar-refractivity contribution < 1.29 is 23.1 Å². The van der Waals surface area contributed by atoms with Crippen LogP contribution in [0.4, 0.5) is 18.0 Å². The molecule has 0 aromatic heterocycles. The van der Waals surface area contributed by atoms with E-state index in [9.17, 15) is 18.0 Å². The van der Waals surface area contributed by atoms with Crippen molar-refractivity contribution in [3.63, 3.8) is 0 Å². The smallest absolute Gasteiger partial charge is 0.382 e. The summed E-state index contributed by atoms with van der Waals surface area (Å²) in [5.41, 5.74) is 0. The molecule has 1 atom stereocenters. The standard InChI is InChI=1S/C10H17F3N2O2/c11-10(12,13)8(16)7-14-9(17)15-5-3-1-2-4-6-15/h8,16H,1-7H2,(H,14,17). The van der Waals surface area contributed by atoms with Gasteiger partial charge < -0.3 is 15.3 Å². The third-order valence-corrected chi connectivity index (χ3v) is 2.72. The first-order chi connectivity index (χ1) is 7.91. The summed E-state index contributed by atoms with van der Waals surface area (Å²) < 4.78 is 36.0. The number of likely N-dealkylation sites (tertiary alicyclic amines) is 1. The van der Waals surface area contributed by atoms with Crippen LogP contribution in [0.2, 0.25) is 0 Å². The van der Waals surface area contributed by atoms with Crippen LogP contribution < -0.4 is 5.32 Å². The minimum absolute atomic E-state index is 0.532. The molecule has 1 fully saturated rings. The SMILES string of the molecule is O=C(NCC(O)C(F)(F)F)N1CCCCCC1. The average Bonchev–Trinajstić information content (AvgIpc) is 2.52. The van der Waals surface area contributed by atoms with Crippen LogP contribution in [0.3, 0.4) is 0 Å². The molecule has 17 heavy (non-hydrogen) atoms. The van der Waals surface area contributed by atoms with E-state index in [1.165, 1.54) is 4.90 Å². The number of amides is 2. The van der Waals surface area contributed by atoms with Crippen LogP contribution in [0, 0.1) is 0 Å². The number of urea groups is 1. The van der Waals surface area contributed by atoms with E-state index in [1.54, 1.807) is 0 Å². The molecular weight excluding hydrogens is 237 g/mol. The second-order valence-electron chi connectivity index (χ2n) is 4.14. The molecule has 7 heteroatoms. The number of aliphatic hydroxyl groups excluding tert-OH is 1. The maximum atomic E-state index is 12.0. The van der Waals surface area contributed by atoms with Crippen molar-refractivity contribution in [1.29, 1.82) is 0 Å². The molecule has 0 radical (unpaired) electrons. The van der Waals surface area contributed by atoms with Crippen molar-refractivity contribution in [1.82, 2.24) is 10.2 Å².